The molecule has 2 aliphatic rings. The second-order valence-corrected chi connectivity index (χ2v) is 8.09. The molecular formula is C23H26FN3O4. The third kappa shape index (κ3) is 5.03. The fraction of sp³-hybridized carbons (Fsp3) is 0.391. The number of hydrogen-bond acceptors (Lipinski definition) is 5. The Labute approximate surface area is 180 Å². The van der Waals surface area contributed by atoms with Gasteiger partial charge >= 0.3 is 6.09 Å². The van der Waals surface area contributed by atoms with Gasteiger partial charge in [-0.25, -0.2) is 9.18 Å². The summed E-state index contributed by atoms with van der Waals surface area (Å²) >= 11 is 0. The van der Waals surface area contributed by atoms with E-state index in [0.717, 1.165) is 30.6 Å². The molecule has 8 heteroatoms. The van der Waals surface area contributed by atoms with Crippen molar-refractivity contribution in [3.8, 4) is 11.1 Å². The molecule has 0 bridgehead atoms. The molecule has 2 aromatic rings. The van der Waals surface area contributed by atoms with E-state index in [4.69, 9.17) is 4.74 Å². The number of ether oxygens (including phenoxy) is 1. The summed E-state index contributed by atoms with van der Waals surface area (Å²) in [6, 6.07) is 12.4. The summed E-state index contributed by atoms with van der Waals surface area (Å²) in [7, 11) is 0. The van der Waals surface area contributed by atoms with Crippen LogP contribution in [0.5, 0.6) is 0 Å². The number of β-amino-alcohol motifs (C(OH)–C–C–N with tert-alkyl or cyclic N) is 1. The Balaban J connectivity index is 1.43. The van der Waals surface area contributed by atoms with Gasteiger partial charge in [0.2, 0.25) is 5.91 Å². The highest BCUT2D eigenvalue weighted by Crippen LogP contribution is 2.29. The Morgan fingerprint density at radius 3 is 2.65 bits per heavy atom. The molecule has 2 atom stereocenters. The highest BCUT2D eigenvalue weighted by molar-refractivity contribution is 5.90. The molecule has 4 rings (SSSR count). The predicted molar refractivity (Wildman–Crippen MR) is 114 cm³/mol. The summed E-state index contributed by atoms with van der Waals surface area (Å²) < 4.78 is 20.1. The second kappa shape index (κ2) is 9.03. The van der Waals surface area contributed by atoms with Crippen LogP contribution in [0.1, 0.15) is 18.9 Å². The van der Waals surface area contributed by atoms with Crippen molar-refractivity contribution in [1.82, 2.24) is 10.2 Å². The normalized spacial score (nSPS) is 21.4. The average Bonchev–Trinajstić information content (AvgIpc) is 3.32. The summed E-state index contributed by atoms with van der Waals surface area (Å²) in [4.78, 5) is 26.8. The average molecular weight is 427 g/mol. The molecule has 0 spiro atoms. The summed E-state index contributed by atoms with van der Waals surface area (Å²) in [5, 5.41) is 12.3. The van der Waals surface area contributed by atoms with Crippen LogP contribution < -0.4 is 10.2 Å². The number of aliphatic hydroxyl groups excluding tert-OH is 1. The van der Waals surface area contributed by atoms with E-state index in [9.17, 15) is 19.1 Å². The van der Waals surface area contributed by atoms with Crippen molar-refractivity contribution >= 4 is 17.7 Å². The molecule has 2 aromatic carbocycles. The first-order valence-electron chi connectivity index (χ1n) is 10.4. The van der Waals surface area contributed by atoms with E-state index in [0.29, 0.717) is 17.8 Å². The zero-order valence-corrected chi connectivity index (χ0v) is 17.4. The number of amides is 2. The van der Waals surface area contributed by atoms with Gasteiger partial charge in [0.25, 0.3) is 0 Å². The lowest BCUT2D eigenvalue weighted by molar-refractivity contribution is -0.119. The van der Waals surface area contributed by atoms with E-state index in [1.807, 2.05) is 24.3 Å². The van der Waals surface area contributed by atoms with Crippen molar-refractivity contribution in [2.24, 2.45) is 0 Å². The zero-order chi connectivity index (χ0) is 22.0. The van der Waals surface area contributed by atoms with Crippen molar-refractivity contribution < 1.29 is 23.8 Å². The van der Waals surface area contributed by atoms with Crippen molar-refractivity contribution in [3.05, 3.63) is 53.8 Å². The fourth-order valence-corrected chi connectivity index (χ4v) is 4.01. The second-order valence-electron chi connectivity index (χ2n) is 8.09. The van der Waals surface area contributed by atoms with Crippen molar-refractivity contribution in [3.63, 3.8) is 0 Å². The van der Waals surface area contributed by atoms with Crippen LogP contribution in [0, 0.1) is 5.82 Å². The van der Waals surface area contributed by atoms with Crippen molar-refractivity contribution in [2.45, 2.75) is 32.1 Å². The zero-order valence-electron chi connectivity index (χ0n) is 17.4. The number of carbonyl (C=O) groups is 2. The first-order valence-corrected chi connectivity index (χ1v) is 10.4. The summed E-state index contributed by atoms with van der Waals surface area (Å²) in [5.74, 6) is -0.625. The number of nitrogens with zero attached hydrogens (tertiary/aromatic N) is 2. The molecule has 0 radical (unpaired) electrons. The number of nitrogens with one attached hydrogen (secondary N) is 1. The van der Waals surface area contributed by atoms with Crippen LogP contribution in [0.15, 0.2) is 42.5 Å². The molecule has 2 saturated heterocycles. The van der Waals surface area contributed by atoms with Crippen LogP contribution in [-0.4, -0.2) is 60.4 Å². The molecule has 0 unspecified atom stereocenters. The van der Waals surface area contributed by atoms with Crippen LogP contribution in [-0.2, 0) is 16.1 Å². The topological polar surface area (TPSA) is 82.1 Å². The van der Waals surface area contributed by atoms with Gasteiger partial charge in [0.05, 0.1) is 24.9 Å². The standard InChI is InChI=1S/C23H26FN3O4/c1-15(28)25-11-20-14-27(23(30)31-20)18-6-7-21(22(24)10-18)17-4-2-16(3-5-17)12-26-9-8-19(29)13-26/h2-7,10,19-20,29H,8-9,11-14H2,1H3,(H,25,28)/t19-,20-/m0/s1. The lowest BCUT2D eigenvalue weighted by Gasteiger charge is -2.16. The van der Waals surface area contributed by atoms with E-state index >= 15 is 0 Å². The molecule has 2 amide bonds. The van der Waals surface area contributed by atoms with Gasteiger partial charge in [0.15, 0.2) is 0 Å². The summed E-state index contributed by atoms with van der Waals surface area (Å²) in [5.41, 5.74) is 2.73. The summed E-state index contributed by atoms with van der Waals surface area (Å²) in [6.07, 6.45) is -0.475. The fourth-order valence-electron chi connectivity index (χ4n) is 4.01. The molecule has 31 heavy (non-hydrogen) atoms. The van der Waals surface area contributed by atoms with Crippen molar-refractivity contribution in [2.75, 3.05) is 31.1 Å². The van der Waals surface area contributed by atoms with E-state index in [2.05, 4.69) is 10.2 Å². The lowest BCUT2D eigenvalue weighted by Crippen LogP contribution is -2.33. The maximum Gasteiger partial charge on any atom is 0.414 e. The third-order valence-electron chi connectivity index (χ3n) is 5.64. The molecule has 0 aromatic heterocycles. The Morgan fingerprint density at radius 1 is 1.23 bits per heavy atom. The smallest absolute Gasteiger partial charge is 0.414 e. The van der Waals surface area contributed by atoms with Gasteiger partial charge < -0.3 is 15.2 Å². The molecule has 2 aliphatic heterocycles. The Morgan fingerprint density at radius 2 is 2.00 bits per heavy atom. The highest BCUT2D eigenvalue weighted by atomic mass is 19.1. The van der Waals surface area contributed by atoms with Gasteiger partial charge in [-0.15, -0.1) is 0 Å². The largest absolute Gasteiger partial charge is 0.442 e. The van der Waals surface area contributed by atoms with Crippen LogP contribution in [0.2, 0.25) is 0 Å². The number of benzene rings is 2. The van der Waals surface area contributed by atoms with Crippen LogP contribution in [0.3, 0.4) is 0 Å². The number of rotatable bonds is 6. The maximum absolute atomic E-state index is 14.9. The van der Waals surface area contributed by atoms with Gasteiger partial charge in [-0.05, 0) is 35.7 Å². The Bertz CT molecular complexity index is 966. The maximum atomic E-state index is 14.9. The molecule has 2 N–H and O–H groups in total. The number of carbonyl (C=O) groups excluding carboxylic acids is 2. The van der Waals surface area contributed by atoms with E-state index in [1.165, 1.54) is 17.9 Å². The number of aliphatic hydroxyl groups is 1. The van der Waals surface area contributed by atoms with E-state index in [-0.39, 0.29) is 25.1 Å². The van der Waals surface area contributed by atoms with Gasteiger partial charge in [-0.2, -0.15) is 0 Å². The molecule has 2 fully saturated rings. The van der Waals surface area contributed by atoms with Gasteiger partial charge in [-0.1, -0.05) is 24.3 Å². The van der Waals surface area contributed by atoms with E-state index < -0.39 is 18.0 Å². The van der Waals surface area contributed by atoms with Crippen LogP contribution >= 0.6 is 0 Å². The SMILES string of the molecule is CC(=O)NC[C@H]1CN(c2ccc(-c3ccc(CN4CC[C@H](O)C4)cc3)c(F)c2)C(=O)O1. The Hall–Kier alpha value is -2.97. The molecule has 2 heterocycles. The van der Waals surface area contributed by atoms with Gasteiger partial charge in [-0.3, -0.25) is 14.6 Å². The minimum Gasteiger partial charge on any atom is -0.442 e. The predicted octanol–water partition coefficient (Wildman–Crippen LogP) is 2.52. The monoisotopic (exact) mass is 427 g/mol. The van der Waals surface area contributed by atoms with Gasteiger partial charge in [0, 0.05) is 32.1 Å². The number of halogens is 1. The lowest BCUT2D eigenvalue weighted by atomic mass is 10.0. The highest BCUT2D eigenvalue weighted by Gasteiger charge is 2.32. The number of anilines is 1. The quantitative estimate of drug-likeness (QED) is 0.741. The number of hydrogen-bond donors (Lipinski definition) is 2. The number of cyclic esters (lactones) is 1. The minimum atomic E-state index is -0.557. The number of likely N-dealkylation sites (tertiary alicyclic amines) is 1. The molecule has 0 saturated carbocycles. The van der Waals surface area contributed by atoms with E-state index in [1.54, 1.807) is 12.1 Å². The summed E-state index contributed by atoms with van der Waals surface area (Å²) in [6.45, 7) is 4.19. The van der Waals surface area contributed by atoms with Crippen LogP contribution in [0.25, 0.3) is 11.1 Å². The van der Waals surface area contributed by atoms with Crippen LogP contribution in [0.4, 0.5) is 14.9 Å². The minimum absolute atomic E-state index is 0.200. The first kappa shape index (κ1) is 21.3. The molecule has 164 valence electrons. The van der Waals surface area contributed by atoms with Crippen molar-refractivity contribution in [1.29, 1.82) is 0 Å². The first-order chi connectivity index (χ1) is 14.9. The Kier molecular flexibility index (Phi) is 6.20. The third-order valence-corrected chi connectivity index (χ3v) is 5.64. The molecular weight excluding hydrogens is 401 g/mol. The molecule has 7 nitrogen and oxygen atoms in total. The van der Waals surface area contributed by atoms with Gasteiger partial charge in [0.1, 0.15) is 11.9 Å². The molecule has 0 aliphatic carbocycles.